The smallest absolute Gasteiger partial charge is 0.254 e. The molecule has 2 aromatic carbocycles. The molecule has 1 fully saturated rings. The van der Waals surface area contributed by atoms with Crippen LogP contribution in [-0.4, -0.2) is 40.5 Å². The van der Waals surface area contributed by atoms with E-state index in [0.717, 1.165) is 27.7 Å². The molecule has 6 heteroatoms. The Labute approximate surface area is 168 Å². The molecule has 0 unspecified atom stereocenters. The number of nitrogens with zero attached hydrogens (tertiary/aromatic N) is 1. The second-order valence-electron chi connectivity index (χ2n) is 7.89. The number of carbonyl (C=O) groups is 2. The molecule has 0 radical (unpaired) electrons. The number of nitrogens with one attached hydrogen (secondary N) is 2. The molecule has 0 saturated carbocycles. The van der Waals surface area contributed by atoms with Gasteiger partial charge in [-0.05, 0) is 48.1 Å². The van der Waals surface area contributed by atoms with E-state index in [2.05, 4.69) is 10.3 Å². The van der Waals surface area contributed by atoms with Crippen LogP contribution in [0.5, 0.6) is 0 Å². The molecule has 148 valence electrons. The van der Waals surface area contributed by atoms with Crippen LogP contribution in [0.3, 0.4) is 0 Å². The number of H-pyrrole nitrogens is 1. The van der Waals surface area contributed by atoms with E-state index >= 15 is 0 Å². The Morgan fingerprint density at radius 2 is 1.97 bits per heavy atom. The third kappa shape index (κ3) is 3.19. The summed E-state index contributed by atoms with van der Waals surface area (Å²) in [7, 11) is 0. The number of hydrogen-bond donors (Lipinski definition) is 2. The van der Waals surface area contributed by atoms with Crippen molar-refractivity contribution < 1.29 is 14.3 Å². The molecule has 0 atom stereocenters. The van der Waals surface area contributed by atoms with E-state index in [9.17, 15) is 9.59 Å². The molecule has 2 N–H and O–H groups in total. The van der Waals surface area contributed by atoms with Gasteiger partial charge in [0.2, 0.25) is 5.91 Å². The third-order valence-electron chi connectivity index (χ3n) is 6.15. The van der Waals surface area contributed by atoms with Crippen LogP contribution in [0.4, 0.5) is 5.69 Å². The van der Waals surface area contributed by atoms with E-state index in [-0.39, 0.29) is 18.2 Å². The van der Waals surface area contributed by atoms with Gasteiger partial charge in [-0.2, -0.15) is 0 Å². The number of hydrogen-bond acceptors (Lipinski definition) is 3. The van der Waals surface area contributed by atoms with E-state index in [1.165, 1.54) is 0 Å². The first kappa shape index (κ1) is 17.9. The molecule has 29 heavy (non-hydrogen) atoms. The van der Waals surface area contributed by atoms with E-state index < -0.39 is 5.54 Å². The number of carbonyl (C=O) groups excluding carboxylic acids is 2. The fourth-order valence-corrected chi connectivity index (χ4v) is 4.56. The Morgan fingerprint density at radius 1 is 1.14 bits per heavy atom. The van der Waals surface area contributed by atoms with Crippen molar-refractivity contribution in [1.82, 2.24) is 9.88 Å². The van der Waals surface area contributed by atoms with Gasteiger partial charge in [0, 0.05) is 42.7 Å². The predicted octanol–water partition coefficient (Wildman–Crippen LogP) is 3.70. The summed E-state index contributed by atoms with van der Waals surface area (Å²) in [5.74, 6) is -0.0651. The number of anilines is 1. The zero-order valence-electron chi connectivity index (χ0n) is 16.1. The Hall–Kier alpha value is -3.12. The molecule has 2 aliphatic heterocycles. The van der Waals surface area contributed by atoms with E-state index in [1.807, 2.05) is 59.6 Å². The van der Waals surface area contributed by atoms with Crippen molar-refractivity contribution in [3.05, 3.63) is 65.9 Å². The molecule has 1 aromatic heterocycles. The van der Waals surface area contributed by atoms with Gasteiger partial charge in [-0.3, -0.25) is 9.59 Å². The van der Waals surface area contributed by atoms with Gasteiger partial charge in [-0.1, -0.05) is 24.3 Å². The highest BCUT2D eigenvalue weighted by atomic mass is 16.5. The highest BCUT2D eigenvalue weighted by Gasteiger charge is 2.46. The van der Waals surface area contributed by atoms with Gasteiger partial charge in [0.1, 0.15) is 0 Å². The molecule has 0 spiro atoms. The Morgan fingerprint density at radius 3 is 2.79 bits per heavy atom. The number of aromatic nitrogens is 1. The number of benzene rings is 2. The van der Waals surface area contributed by atoms with Crippen LogP contribution in [0.25, 0.3) is 10.9 Å². The molecule has 5 rings (SSSR count). The average Bonchev–Trinajstić information content (AvgIpc) is 3.33. The van der Waals surface area contributed by atoms with Gasteiger partial charge in [0.25, 0.3) is 5.91 Å². The number of aromatic amines is 1. The number of amides is 2. The number of fused-ring (bicyclic) bond motifs is 2. The lowest BCUT2D eigenvalue weighted by Crippen LogP contribution is -2.54. The highest BCUT2D eigenvalue weighted by molar-refractivity contribution is 6.00. The van der Waals surface area contributed by atoms with E-state index in [4.69, 9.17) is 4.74 Å². The van der Waals surface area contributed by atoms with Crippen LogP contribution in [-0.2, 0) is 16.1 Å². The average molecular weight is 389 g/mol. The minimum absolute atomic E-state index is 0.0168. The van der Waals surface area contributed by atoms with Gasteiger partial charge in [0.05, 0.1) is 12.0 Å². The van der Waals surface area contributed by atoms with E-state index in [0.29, 0.717) is 32.6 Å². The zero-order chi connectivity index (χ0) is 19.8. The van der Waals surface area contributed by atoms with Crippen molar-refractivity contribution in [3.8, 4) is 0 Å². The van der Waals surface area contributed by atoms with Crippen LogP contribution in [0.1, 0.15) is 35.2 Å². The lowest BCUT2D eigenvalue weighted by atomic mass is 9.84. The van der Waals surface area contributed by atoms with Crippen molar-refractivity contribution in [2.24, 2.45) is 0 Å². The molecule has 1 saturated heterocycles. The van der Waals surface area contributed by atoms with Crippen molar-refractivity contribution in [1.29, 1.82) is 0 Å². The van der Waals surface area contributed by atoms with Crippen LogP contribution < -0.4 is 5.32 Å². The maximum Gasteiger partial charge on any atom is 0.254 e. The summed E-state index contributed by atoms with van der Waals surface area (Å²) >= 11 is 0. The first-order chi connectivity index (χ1) is 14.1. The van der Waals surface area contributed by atoms with Crippen molar-refractivity contribution in [3.63, 3.8) is 0 Å². The van der Waals surface area contributed by atoms with Gasteiger partial charge in [-0.15, -0.1) is 0 Å². The van der Waals surface area contributed by atoms with E-state index in [1.54, 1.807) is 0 Å². The fourth-order valence-electron chi connectivity index (χ4n) is 4.56. The second kappa shape index (κ2) is 7.04. The van der Waals surface area contributed by atoms with Crippen molar-refractivity contribution in [2.75, 3.05) is 18.5 Å². The molecule has 2 aliphatic rings. The summed E-state index contributed by atoms with van der Waals surface area (Å²) < 4.78 is 5.56. The molecule has 0 aliphatic carbocycles. The molecule has 0 bridgehead atoms. The van der Waals surface area contributed by atoms with Gasteiger partial charge < -0.3 is 19.9 Å². The minimum atomic E-state index is -0.519. The van der Waals surface area contributed by atoms with Gasteiger partial charge in [0.15, 0.2) is 0 Å². The Bertz CT molecular complexity index is 1080. The van der Waals surface area contributed by atoms with Gasteiger partial charge in [-0.25, -0.2) is 0 Å². The topological polar surface area (TPSA) is 74.4 Å². The molecule has 6 nitrogen and oxygen atoms in total. The Balaban J connectivity index is 1.38. The highest BCUT2D eigenvalue weighted by Crippen LogP contribution is 2.38. The summed E-state index contributed by atoms with van der Waals surface area (Å²) in [4.78, 5) is 31.2. The fraction of sp³-hybridized carbons (Fsp3) is 0.304. The summed E-state index contributed by atoms with van der Waals surface area (Å²) in [6.45, 7) is 1.67. The van der Waals surface area contributed by atoms with Gasteiger partial charge >= 0.3 is 0 Å². The zero-order valence-corrected chi connectivity index (χ0v) is 16.1. The molecule has 2 amide bonds. The van der Waals surface area contributed by atoms with Crippen LogP contribution in [0.15, 0.2) is 54.7 Å². The maximum absolute atomic E-state index is 13.1. The van der Waals surface area contributed by atoms with Crippen LogP contribution >= 0.6 is 0 Å². The normalized spacial score (nSPS) is 18.1. The summed E-state index contributed by atoms with van der Waals surface area (Å²) in [5, 5.41) is 4.12. The number of ether oxygens (including phenoxy) is 1. The largest absolute Gasteiger partial charge is 0.381 e. The molecule has 3 aromatic rings. The quantitative estimate of drug-likeness (QED) is 0.714. The summed E-state index contributed by atoms with van der Waals surface area (Å²) in [5.41, 5.74) is 2.99. The number of rotatable bonds is 4. The summed E-state index contributed by atoms with van der Waals surface area (Å²) in [6.07, 6.45) is 3.47. The van der Waals surface area contributed by atoms with Crippen LogP contribution in [0, 0.1) is 0 Å². The van der Waals surface area contributed by atoms with Crippen molar-refractivity contribution >= 4 is 28.4 Å². The van der Waals surface area contributed by atoms with Crippen molar-refractivity contribution in [2.45, 2.75) is 31.3 Å². The Kier molecular flexibility index (Phi) is 4.36. The molecular formula is C23H23N3O3. The van der Waals surface area contributed by atoms with Crippen LogP contribution in [0.2, 0.25) is 0 Å². The predicted molar refractivity (Wildman–Crippen MR) is 111 cm³/mol. The minimum Gasteiger partial charge on any atom is -0.381 e. The standard InChI is InChI=1S/C23H23N3O3/c27-21(25-18-6-5-16-7-10-24-20(16)13-18)14-23(8-11-29-12-9-23)26-15-17-3-1-2-4-19(17)22(26)28/h1-7,10,13,24H,8-9,11-12,14-15H2,(H,25,27). The lowest BCUT2D eigenvalue weighted by Gasteiger charge is -2.44. The first-order valence-corrected chi connectivity index (χ1v) is 9.99. The molecule has 3 heterocycles. The monoisotopic (exact) mass is 389 g/mol. The molecular weight excluding hydrogens is 366 g/mol. The second-order valence-corrected chi connectivity index (χ2v) is 7.89. The maximum atomic E-state index is 13.1. The third-order valence-corrected chi connectivity index (χ3v) is 6.15. The lowest BCUT2D eigenvalue weighted by molar-refractivity contribution is -0.120. The summed E-state index contributed by atoms with van der Waals surface area (Å²) in [6, 6.07) is 15.5. The first-order valence-electron chi connectivity index (χ1n) is 9.99. The SMILES string of the molecule is O=C(CC1(N2Cc3ccccc3C2=O)CCOCC1)Nc1ccc2cc[nH]c2c1.